The molecule has 98 valence electrons. The predicted molar refractivity (Wildman–Crippen MR) is 72.3 cm³/mol. The maximum atomic E-state index is 11.0. The molecule has 0 aliphatic carbocycles. The van der Waals surface area contributed by atoms with Crippen LogP contribution in [-0.4, -0.2) is 29.1 Å². The molecule has 0 radical (unpaired) electrons. The molecule has 1 N–H and O–H groups in total. The van der Waals surface area contributed by atoms with E-state index in [1.54, 1.807) is 6.07 Å². The van der Waals surface area contributed by atoms with Crippen molar-refractivity contribution in [2.24, 2.45) is 0 Å². The molecule has 18 heavy (non-hydrogen) atoms. The molecule has 1 saturated heterocycles. The van der Waals surface area contributed by atoms with Gasteiger partial charge in [0.1, 0.15) is 0 Å². The summed E-state index contributed by atoms with van der Waals surface area (Å²) < 4.78 is 0. The number of nitrogens with zero attached hydrogens (tertiary/aromatic N) is 1. The zero-order chi connectivity index (χ0) is 13.1. The summed E-state index contributed by atoms with van der Waals surface area (Å²) in [6.45, 7) is 1.83. The lowest BCUT2D eigenvalue weighted by atomic mass is 10.0. The van der Waals surface area contributed by atoms with Crippen molar-refractivity contribution >= 4 is 29.2 Å². The number of likely N-dealkylation sites (tertiary alicyclic amines) is 1. The van der Waals surface area contributed by atoms with E-state index >= 15 is 0 Å². The lowest BCUT2D eigenvalue weighted by Gasteiger charge is -2.27. The molecule has 1 aromatic carbocycles. The van der Waals surface area contributed by atoms with Gasteiger partial charge in [-0.1, -0.05) is 35.3 Å². The molecule has 0 saturated carbocycles. The minimum Gasteiger partial charge on any atom is -0.481 e. The normalized spacial score (nSPS) is 17.9. The summed E-state index contributed by atoms with van der Waals surface area (Å²) in [5, 5.41) is 10.0. The molecular formula is C13H15Cl2NO2. The van der Waals surface area contributed by atoms with Gasteiger partial charge in [-0.05, 0) is 37.6 Å². The molecule has 1 aliphatic rings. The topological polar surface area (TPSA) is 40.5 Å². The second-order valence-corrected chi connectivity index (χ2v) is 5.28. The van der Waals surface area contributed by atoms with Gasteiger partial charge in [-0.3, -0.25) is 9.69 Å². The van der Waals surface area contributed by atoms with E-state index in [-0.39, 0.29) is 12.5 Å². The van der Waals surface area contributed by atoms with Crippen molar-refractivity contribution < 1.29 is 9.90 Å². The van der Waals surface area contributed by atoms with Crippen molar-refractivity contribution in [3.05, 3.63) is 33.8 Å². The second-order valence-electron chi connectivity index (χ2n) is 4.50. The number of carboxylic acid groups (broad SMARTS) is 1. The third kappa shape index (κ3) is 2.97. The molecule has 1 fully saturated rings. The first-order valence-corrected chi connectivity index (χ1v) is 6.75. The van der Waals surface area contributed by atoms with E-state index in [2.05, 4.69) is 4.90 Å². The summed E-state index contributed by atoms with van der Waals surface area (Å²) in [4.78, 5) is 13.2. The molecule has 3 nitrogen and oxygen atoms in total. The molecule has 0 bridgehead atoms. The summed E-state index contributed by atoms with van der Waals surface area (Å²) >= 11 is 12.2. The van der Waals surface area contributed by atoms with Gasteiger partial charge in [0.05, 0.1) is 16.5 Å². The summed E-state index contributed by atoms with van der Waals surface area (Å²) in [5.74, 6) is -0.817. The van der Waals surface area contributed by atoms with Crippen molar-refractivity contribution in [3.8, 4) is 0 Å². The number of benzene rings is 1. The average molecular weight is 288 g/mol. The number of carbonyl (C=O) groups is 1. The Morgan fingerprint density at radius 3 is 2.61 bits per heavy atom. The molecule has 1 heterocycles. The van der Waals surface area contributed by atoms with E-state index in [0.717, 1.165) is 31.5 Å². The molecule has 1 atom stereocenters. The smallest absolute Gasteiger partial charge is 0.305 e. The number of aliphatic carboxylic acids is 1. The highest BCUT2D eigenvalue weighted by Crippen LogP contribution is 2.36. The third-order valence-electron chi connectivity index (χ3n) is 3.29. The number of hydrogen-bond donors (Lipinski definition) is 1. The fourth-order valence-electron chi connectivity index (χ4n) is 2.43. The van der Waals surface area contributed by atoms with Crippen LogP contribution in [0.25, 0.3) is 0 Å². The standard InChI is InChI=1S/C13H15Cl2NO2/c14-10-5-3-4-9(13(10)15)11(8-12(17)18)16-6-1-2-7-16/h3-5,11H,1-2,6-8H2,(H,17,18). The Kier molecular flexibility index (Phi) is 4.49. The minimum absolute atomic E-state index is 0.0556. The van der Waals surface area contributed by atoms with Crippen LogP contribution in [0.5, 0.6) is 0 Å². The Hall–Kier alpha value is -0.770. The molecule has 0 spiro atoms. The highest BCUT2D eigenvalue weighted by molar-refractivity contribution is 6.42. The fourth-order valence-corrected chi connectivity index (χ4v) is 2.87. The Labute approximate surface area is 116 Å². The monoisotopic (exact) mass is 287 g/mol. The van der Waals surface area contributed by atoms with Crippen molar-refractivity contribution in [1.82, 2.24) is 4.90 Å². The Morgan fingerprint density at radius 2 is 2.00 bits per heavy atom. The quantitative estimate of drug-likeness (QED) is 0.920. The van der Waals surface area contributed by atoms with Gasteiger partial charge >= 0.3 is 5.97 Å². The average Bonchev–Trinajstić information content (AvgIpc) is 2.83. The minimum atomic E-state index is -0.817. The van der Waals surface area contributed by atoms with Crippen LogP contribution in [0.2, 0.25) is 10.0 Å². The van der Waals surface area contributed by atoms with Gasteiger partial charge < -0.3 is 5.11 Å². The van der Waals surface area contributed by atoms with E-state index in [0.29, 0.717) is 10.0 Å². The van der Waals surface area contributed by atoms with Gasteiger partial charge in [-0.25, -0.2) is 0 Å². The zero-order valence-electron chi connectivity index (χ0n) is 9.90. The van der Waals surface area contributed by atoms with E-state index in [1.807, 2.05) is 12.1 Å². The predicted octanol–water partition coefficient (Wildman–Crippen LogP) is 3.61. The Morgan fingerprint density at radius 1 is 1.33 bits per heavy atom. The van der Waals surface area contributed by atoms with Crippen LogP contribution in [0.1, 0.15) is 30.9 Å². The van der Waals surface area contributed by atoms with Gasteiger partial charge in [0.25, 0.3) is 0 Å². The summed E-state index contributed by atoms with van der Waals surface area (Å²) in [6.07, 6.45) is 2.27. The molecule has 0 aromatic heterocycles. The zero-order valence-corrected chi connectivity index (χ0v) is 11.4. The van der Waals surface area contributed by atoms with E-state index in [9.17, 15) is 4.79 Å². The molecule has 1 aliphatic heterocycles. The van der Waals surface area contributed by atoms with Crippen LogP contribution in [-0.2, 0) is 4.79 Å². The molecule has 0 amide bonds. The molecule has 5 heteroatoms. The summed E-state index contributed by atoms with van der Waals surface area (Å²) in [5.41, 5.74) is 0.813. The van der Waals surface area contributed by atoms with Crippen LogP contribution in [0.3, 0.4) is 0 Å². The van der Waals surface area contributed by atoms with Gasteiger partial charge in [0.2, 0.25) is 0 Å². The summed E-state index contributed by atoms with van der Waals surface area (Å²) in [6, 6.07) is 5.21. The van der Waals surface area contributed by atoms with Gasteiger partial charge in [0.15, 0.2) is 0 Å². The van der Waals surface area contributed by atoms with Crippen LogP contribution < -0.4 is 0 Å². The van der Waals surface area contributed by atoms with Crippen molar-refractivity contribution in [2.75, 3.05) is 13.1 Å². The highest BCUT2D eigenvalue weighted by Gasteiger charge is 2.27. The van der Waals surface area contributed by atoms with Gasteiger partial charge in [0, 0.05) is 6.04 Å². The van der Waals surface area contributed by atoms with Crippen molar-refractivity contribution in [3.63, 3.8) is 0 Å². The lowest BCUT2D eigenvalue weighted by Crippen LogP contribution is -2.28. The first kappa shape index (κ1) is 13.7. The highest BCUT2D eigenvalue weighted by atomic mass is 35.5. The maximum Gasteiger partial charge on any atom is 0.305 e. The van der Waals surface area contributed by atoms with Crippen LogP contribution in [0.15, 0.2) is 18.2 Å². The third-order valence-corrected chi connectivity index (χ3v) is 4.12. The SMILES string of the molecule is O=C(O)CC(c1cccc(Cl)c1Cl)N1CCCC1. The number of rotatable bonds is 4. The second kappa shape index (κ2) is 5.91. The fraction of sp³-hybridized carbons (Fsp3) is 0.462. The summed E-state index contributed by atoms with van der Waals surface area (Å²) in [7, 11) is 0. The van der Waals surface area contributed by atoms with Gasteiger partial charge in [-0.15, -0.1) is 0 Å². The van der Waals surface area contributed by atoms with E-state index in [4.69, 9.17) is 28.3 Å². The largest absolute Gasteiger partial charge is 0.481 e. The van der Waals surface area contributed by atoms with Crippen molar-refractivity contribution in [1.29, 1.82) is 0 Å². The number of carboxylic acids is 1. The van der Waals surface area contributed by atoms with E-state index < -0.39 is 5.97 Å². The first-order valence-electron chi connectivity index (χ1n) is 5.99. The van der Waals surface area contributed by atoms with Crippen LogP contribution in [0.4, 0.5) is 0 Å². The number of halogens is 2. The van der Waals surface area contributed by atoms with Crippen LogP contribution in [0, 0.1) is 0 Å². The Balaban J connectivity index is 2.32. The van der Waals surface area contributed by atoms with Crippen molar-refractivity contribution in [2.45, 2.75) is 25.3 Å². The maximum absolute atomic E-state index is 11.0. The number of hydrogen-bond acceptors (Lipinski definition) is 2. The molecular weight excluding hydrogens is 273 g/mol. The van der Waals surface area contributed by atoms with Gasteiger partial charge in [-0.2, -0.15) is 0 Å². The molecule has 2 rings (SSSR count). The molecule has 1 unspecified atom stereocenters. The van der Waals surface area contributed by atoms with Crippen LogP contribution >= 0.6 is 23.2 Å². The lowest BCUT2D eigenvalue weighted by molar-refractivity contribution is -0.138. The Bertz CT molecular complexity index is 445. The first-order chi connectivity index (χ1) is 8.59. The molecule has 1 aromatic rings. The van der Waals surface area contributed by atoms with E-state index in [1.165, 1.54) is 0 Å².